The van der Waals surface area contributed by atoms with Crippen LogP contribution in [-0.4, -0.2) is 26.4 Å². The van der Waals surface area contributed by atoms with Crippen molar-refractivity contribution in [3.8, 4) is 0 Å². The van der Waals surface area contributed by atoms with E-state index in [0.717, 1.165) is 17.3 Å². The fraction of sp³-hybridized carbons (Fsp3) is 0.385. The van der Waals surface area contributed by atoms with Gasteiger partial charge in [-0.25, -0.2) is 9.37 Å². The standard InChI is InChI=1S/C13H14BrFN2O2S/c1-13(2,3)17-10-4-7(14)8(15)5-9(10)16-12(17)20-6-11(18)19/h4-5H,6H2,1-3H3,(H,18,19). The molecule has 0 saturated heterocycles. The number of hydrogen-bond acceptors (Lipinski definition) is 3. The van der Waals surface area contributed by atoms with E-state index in [0.29, 0.717) is 15.1 Å². The highest BCUT2D eigenvalue weighted by Gasteiger charge is 2.23. The molecule has 0 spiro atoms. The van der Waals surface area contributed by atoms with E-state index in [1.54, 1.807) is 6.07 Å². The van der Waals surface area contributed by atoms with Gasteiger partial charge in [-0.15, -0.1) is 0 Å². The first-order chi connectivity index (χ1) is 9.20. The molecule has 1 aromatic carbocycles. The SMILES string of the molecule is CC(C)(C)n1c(SCC(=O)O)nc2cc(F)c(Br)cc21. The molecule has 1 N–H and O–H groups in total. The van der Waals surface area contributed by atoms with Crippen molar-refractivity contribution < 1.29 is 14.3 Å². The van der Waals surface area contributed by atoms with E-state index in [1.807, 2.05) is 25.3 Å². The van der Waals surface area contributed by atoms with Gasteiger partial charge in [0.15, 0.2) is 5.16 Å². The number of imidazole rings is 1. The average molecular weight is 361 g/mol. The van der Waals surface area contributed by atoms with Crippen LogP contribution >= 0.6 is 27.7 Å². The summed E-state index contributed by atoms with van der Waals surface area (Å²) in [6, 6.07) is 3.03. The molecule has 1 aromatic heterocycles. The molecule has 0 amide bonds. The summed E-state index contributed by atoms with van der Waals surface area (Å²) in [5, 5.41) is 9.38. The number of thioether (sulfide) groups is 1. The van der Waals surface area contributed by atoms with Gasteiger partial charge in [-0.1, -0.05) is 11.8 Å². The molecule has 1 heterocycles. The molecule has 0 fully saturated rings. The van der Waals surface area contributed by atoms with E-state index in [1.165, 1.54) is 6.07 Å². The van der Waals surface area contributed by atoms with Crippen LogP contribution in [0.25, 0.3) is 11.0 Å². The van der Waals surface area contributed by atoms with Crippen LogP contribution in [0.1, 0.15) is 20.8 Å². The van der Waals surface area contributed by atoms with Gasteiger partial charge in [-0.3, -0.25) is 4.79 Å². The molecule has 2 aromatic rings. The van der Waals surface area contributed by atoms with Gasteiger partial charge in [0.1, 0.15) is 5.82 Å². The third-order valence-electron chi connectivity index (χ3n) is 2.66. The van der Waals surface area contributed by atoms with E-state index < -0.39 is 5.97 Å². The molecule has 2 rings (SSSR count). The van der Waals surface area contributed by atoms with E-state index >= 15 is 0 Å². The molecule has 20 heavy (non-hydrogen) atoms. The van der Waals surface area contributed by atoms with E-state index in [2.05, 4.69) is 20.9 Å². The van der Waals surface area contributed by atoms with Crippen molar-refractivity contribution in [3.63, 3.8) is 0 Å². The van der Waals surface area contributed by atoms with Crippen molar-refractivity contribution >= 4 is 44.7 Å². The van der Waals surface area contributed by atoms with Crippen molar-refractivity contribution in [3.05, 3.63) is 22.4 Å². The zero-order chi connectivity index (χ0) is 15.1. The molecule has 4 nitrogen and oxygen atoms in total. The second kappa shape index (κ2) is 5.37. The number of carbonyl (C=O) groups is 1. The Morgan fingerprint density at radius 2 is 2.15 bits per heavy atom. The normalized spacial score (nSPS) is 12.1. The van der Waals surface area contributed by atoms with Crippen molar-refractivity contribution in [1.29, 1.82) is 0 Å². The lowest BCUT2D eigenvalue weighted by Crippen LogP contribution is -2.22. The monoisotopic (exact) mass is 360 g/mol. The third kappa shape index (κ3) is 2.98. The van der Waals surface area contributed by atoms with Crippen LogP contribution in [0.5, 0.6) is 0 Å². The molecule has 0 saturated carbocycles. The van der Waals surface area contributed by atoms with Crippen LogP contribution in [-0.2, 0) is 10.3 Å². The van der Waals surface area contributed by atoms with Gasteiger partial charge in [-0.05, 0) is 42.8 Å². The number of aromatic nitrogens is 2. The molecule has 7 heteroatoms. The Hall–Kier alpha value is -1.08. The predicted octanol–water partition coefficient (Wildman–Crippen LogP) is 3.87. The highest BCUT2D eigenvalue weighted by molar-refractivity contribution is 9.10. The zero-order valence-electron chi connectivity index (χ0n) is 11.3. The zero-order valence-corrected chi connectivity index (χ0v) is 13.7. The summed E-state index contributed by atoms with van der Waals surface area (Å²) in [7, 11) is 0. The van der Waals surface area contributed by atoms with Gasteiger partial charge in [0.05, 0.1) is 21.3 Å². The maximum Gasteiger partial charge on any atom is 0.313 e. The first-order valence-corrected chi connectivity index (χ1v) is 7.70. The minimum atomic E-state index is -0.908. The lowest BCUT2D eigenvalue weighted by atomic mass is 10.1. The third-order valence-corrected chi connectivity index (χ3v) is 4.19. The lowest BCUT2D eigenvalue weighted by molar-refractivity contribution is -0.133. The number of carboxylic acid groups (broad SMARTS) is 1. The average Bonchev–Trinajstić information content (AvgIpc) is 2.64. The summed E-state index contributed by atoms with van der Waals surface area (Å²) < 4.78 is 15.9. The number of carboxylic acids is 1. The predicted molar refractivity (Wildman–Crippen MR) is 80.7 cm³/mol. The Labute approximate surface area is 128 Å². The summed E-state index contributed by atoms with van der Waals surface area (Å²) in [6.07, 6.45) is 0. The molecule has 0 aliphatic heterocycles. The van der Waals surface area contributed by atoms with Gasteiger partial charge in [0.25, 0.3) is 0 Å². The van der Waals surface area contributed by atoms with Crippen LogP contribution in [0.4, 0.5) is 4.39 Å². The number of fused-ring (bicyclic) bond motifs is 1. The fourth-order valence-corrected chi connectivity index (χ4v) is 3.17. The van der Waals surface area contributed by atoms with Crippen LogP contribution in [0.15, 0.2) is 21.8 Å². The topological polar surface area (TPSA) is 55.1 Å². The van der Waals surface area contributed by atoms with Gasteiger partial charge in [-0.2, -0.15) is 0 Å². The quantitative estimate of drug-likeness (QED) is 0.844. The first kappa shape index (κ1) is 15.3. The van der Waals surface area contributed by atoms with Crippen LogP contribution in [0.3, 0.4) is 0 Å². The summed E-state index contributed by atoms with van der Waals surface area (Å²) in [6.45, 7) is 5.99. The van der Waals surface area contributed by atoms with E-state index in [4.69, 9.17) is 5.11 Å². The Morgan fingerprint density at radius 1 is 1.50 bits per heavy atom. The minimum absolute atomic E-state index is 0.0803. The number of nitrogens with zero attached hydrogens (tertiary/aromatic N) is 2. The summed E-state index contributed by atoms with van der Waals surface area (Å²) in [5.41, 5.74) is 1.01. The summed E-state index contributed by atoms with van der Waals surface area (Å²) in [5.74, 6) is -1.37. The van der Waals surface area contributed by atoms with Gasteiger partial charge >= 0.3 is 5.97 Å². The molecule has 0 unspecified atom stereocenters. The molecule has 0 aliphatic rings. The van der Waals surface area contributed by atoms with Crippen molar-refractivity contribution in [1.82, 2.24) is 9.55 Å². The first-order valence-electron chi connectivity index (χ1n) is 5.92. The summed E-state index contributed by atoms with van der Waals surface area (Å²) >= 11 is 4.31. The Morgan fingerprint density at radius 3 is 2.70 bits per heavy atom. The second-order valence-corrected chi connectivity index (χ2v) is 7.13. The number of halogens is 2. The smallest absolute Gasteiger partial charge is 0.313 e. The maximum atomic E-state index is 13.6. The highest BCUT2D eigenvalue weighted by atomic mass is 79.9. The Bertz CT molecular complexity index is 679. The molecule has 0 radical (unpaired) electrons. The number of rotatable bonds is 3. The fourth-order valence-electron chi connectivity index (χ4n) is 1.92. The van der Waals surface area contributed by atoms with Crippen LogP contribution in [0, 0.1) is 5.82 Å². The minimum Gasteiger partial charge on any atom is -0.481 e. The van der Waals surface area contributed by atoms with Gasteiger partial charge in [0.2, 0.25) is 0 Å². The molecule has 0 bridgehead atoms. The molecule has 0 atom stereocenters. The summed E-state index contributed by atoms with van der Waals surface area (Å²) in [4.78, 5) is 15.1. The van der Waals surface area contributed by atoms with E-state index in [9.17, 15) is 9.18 Å². The largest absolute Gasteiger partial charge is 0.481 e. The van der Waals surface area contributed by atoms with Crippen molar-refractivity contribution in [2.24, 2.45) is 0 Å². The molecule has 0 aliphatic carbocycles. The highest BCUT2D eigenvalue weighted by Crippen LogP contribution is 2.33. The van der Waals surface area contributed by atoms with Crippen LogP contribution < -0.4 is 0 Å². The number of aliphatic carboxylic acids is 1. The van der Waals surface area contributed by atoms with Crippen molar-refractivity contribution in [2.75, 3.05) is 5.75 Å². The maximum absolute atomic E-state index is 13.6. The molecular weight excluding hydrogens is 347 g/mol. The van der Waals surface area contributed by atoms with Crippen molar-refractivity contribution in [2.45, 2.75) is 31.5 Å². The number of benzene rings is 1. The molecular formula is C13H14BrFN2O2S. The molecule has 108 valence electrons. The van der Waals surface area contributed by atoms with Crippen LogP contribution in [0.2, 0.25) is 0 Å². The second-order valence-electron chi connectivity index (χ2n) is 5.34. The van der Waals surface area contributed by atoms with E-state index in [-0.39, 0.29) is 17.1 Å². The lowest BCUT2D eigenvalue weighted by Gasteiger charge is -2.24. The van der Waals surface area contributed by atoms with Gasteiger partial charge in [0, 0.05) is 11.6 Å². The number of hydrogen-bond donors (Lipinski definition) is 1. The Balaban J connectivity index is 2.64. The van der Waals surface area contributed by atoms with Gasteiger partial charge < -0.3 is 9.67 Å². The Kier molecular flexibility index (Phi) is 4.11.